The van der Waals surface area contributed by atoms with Crippen molar-refractivity contribution in [2.75, 3.05) is 26.7 Å². The molecular weight excluding hydrogens is 318 g/mol. The summed E-state index contributed by atoms with van der Waals surface area (Å²) in [7, 11) is 2.11. The van der Waals surface area contributed by atoms with Crippen molar-refractivity contribution >= 4 is 21.6 Å². The van der Waals surface area contributed by atoms with Crippen molar-refractivity contribution in [2.24, 2.45) is 5.92 Å². The van der Waals surface area contributed by atoms with Gasteiger partial charge in [-0.1, -0.05) is 13.0 Å². The van der Waals surface area contributed by atoms with Gasteiger partial charge in [0.15, 0.2) is 0 Å². The Hall–Kier alpha value is -1.01. The molecule has 0 unspecified atom stereocenters. The van der Waals surface area contributed by atoms with Gasteiger partial charge in [-0.25, -0.2) is 4.98 Å². The number of aliphatic hydroxyl groups is 1. The summed E-state index contributed by atoms with van der Waals surface area (Å²) in [6.07, 6.45) is 4.03. The molecule has 0 spiro atoms. The largest absolute Gasteiger partial charge is 0.383 e. The summed E-state index contributed by atoms with van der Waals surface area (Å²) in [5.41, 5.74) is 1.64. The van der Waals surface area contributed by atoms with E-state index in [0.717, 1.165) is 48.9 Å². The number of nitrogens with zero attached hydrogens (tertiary/aromatic N) is 2. The molecule has 2 atom stereocenters. The lowest BCUT2D eigenvalue weighted by Gasteiger charge is -2.34. The molecule has 0 bridgehead atoms. The van der Waals surface area contributed by atoms with Gasteiger partial charge in [0.05, 0.1) is 10.2 Å². The number of aromatic nitrogens is 1. The molecule has 2 aliphatic heterocycles. The third-order valence-corrected chi connectivity index (χ3v) is 6.92. The minimum Gasteiger partial charge on any atom is -0.383 e. The first-order valence-corrected chi connectivity index (χ1v) is 9.90. The van der Waals surface area contributed by atoms with E-state index >= 15 is 0 Å². The van der Waals surface area contributed by atoms with Crippen LogP contribution in [0.4, 0.5) is 0 Å². The second kappa shape index (κ2) is 6.37. The molecule has 0 radical (unpaired) electrons. The van der Waals surface area contributed by atoms with Crippen LogP contribution in [0.3, 0.4) is 0 Å². The van der Waals surface area contributed by atoms with Crippen molar-refractivity contribution in [3.05, 3.63) is 28.8 Å². The lowest BCUT2D eigenvalue weighted by atomic mass is 9.92. The molecule has 2 saturated heterocycles. The maximum absolute atomic E-state index is 11.0. The molecule has 2 aliphatic rings. The van der Waals surface area contributed by atoms with E-state index in [1.54, 1.807) is 11.3 Å². The van der Waals surface area contributed by atoms with Crippen LogP contribution in [0.25, 0.3) is 10.2 Å². The van der Waals surface area contributed by atoms with E-state index in [1.807, 2.05) is 0 Å². The summed E-state index contributed by atoms with van der Waals surface area (Å²) < 4.78 is 1.19. The molecule has 3 heterocycles. The van der Waals surface area contributed by atoms with Gasteiger partial charge in [-0.3, -0.25) is 0 Å². The average molecular weight is 346 g/mol. The first-order chi connectivity index (χ1) is 11.5. The van der Waals surface area contributed by atoms with Gasteiger partial charge in [0.2, 0.25) is 0 Å². The SMILES string of the molecule is C[C@H]1CC[C@H](c2ccc3sc(C4(O)CCN(C)CC4)nc3c2)NC1. The Bertz CT molecular complexity index is 712. The van der Waals surface area contributed by atoms with Crippen LogP contribution in [0.5, 0.6) is 0 Å². The van der Waals surface area contributed by atoms with Crippen molar-refractivity contribution in [3.63, 3.8) is 0 Å². The number of piperidine rings is 2. The van der Waals surface area contributed by atoms with Gasteiger partial charge >= 0.3 is 0 Å². The first-order valence-electron chi connectivity index (χ1n) is 9.09. The molecule has 24 heavy (non-hydrogen) atoms. The van der Waals surface area contributed by atoms with Gasteiger partial charge < -0.3 is 15.3 Å². The monoisotopic (exact) mass is 345 g/mol. The molecule has 2 aromatic rings. The summed E-state index contributed by atoms with van der Waals surface area (Å²) >= 11 is 1.66. The van der Waals surface area contributed by atoms with Gasteiger partial charge in [0.1, 0.15) is 10.6 Å². The quantitative estimate of drug-likeness (QED) is 0.877. The fourth-order valence-corrected chi connectivity index (χ4v) is 4.94. The van der Waals surface area contributed by atoms with Crippen LogP contribution in [0.1, 0.15) is 49.2 Å². The van der Waals surface area contributed by atoms with Crippen molar-refractivity contribution in [2.45, 2.75) is 44.2 Å². The summed E-state index contributed by atoms with van der Waals surface area (Å²) in [5, 5.41) is 15.6. The van der Waals surface area contributed by atoms with Gasteiger partial charge in [0.25, 0.3) is 0 Å². The molecule has 0 saturated carbocycles. The van der Waals surface area contributed by atoms with Crippen LogP contribution in [-0.4, -0.2) is 41.7 Å². The molecule has 1 aromatic heterocycles. The minimum atomic E-state index is -0.741. The first kappa shape index (κ1) is 16.5. The second-order valence-electron chi connectivity index (χ2n) is 7.72. The standard InChI is InChI=1S/C19H27N3OS/c1-13-3-5-15(20-12-13)14-4-6-17-16(11-14)21-18(24-17)19(23)7-9-22(2)10-8-19/h4,6,11,13,15,20,23H,3,5,7-10,12H2,1-2H3/t13-,15+/m0/s1. The maximum Gasteiger partial charge on any atom is 0.126 e. The lowest BCUT2D eigenvalue weighted by Crippen LogP contribution is -2.40. The number of rotatable bonds is 2. The molecule has 5 heteroatoms. The van der Waals surface area contributed by atoms with Gasteiger partial charge in [0, 0.05) is 19.1 Å². The average Bonchev–Trinajstić information content (AvgIpc) is 3.02. The Labute approximate surface area is 147 Å². The van der Waals surface area contributed by atoms with E-state index in [9.17, 15) is 5.11 Å². The van der Waals surface area contributed by atoms with Crippen LogP contribution in [0.15, 0.2) is 18.2 Å². The Morgan fingerprint density at radius 2 is 2.08 bits per heavy atom. The molecule has 2 fully saturated rings. The Morgan fingerprint density at radius 3 is 2.79 bits per heavy atom. The van der Waals surface area contributed by atoms with Crippen molar-refractivity contribution < 1.29 is 5.11 Å². The number of fused-ring (bicyclic) bond motifs is 1. The predicted octanol–water partition coefficient (Wildman–Crippen LogP) is 3.27. The van der Waals surface area contributed by atoms with Crippen molar-refractivity contribution in [1.82, 2.24) is 15.2 Å². The highest BCUT2D eigenvalue weighted by Crippen LogP contribution is 2.38. The van der Waals surface area contributed by atoms with Crippen LogP contribution in [-0.2, 0) is 5.60 Å². The maximum atomic E-state index is 11.0. The Balaban J connectivity index is 1.59. The molecule has 1 aromatic carbocycles. The fraction of sp³-hybridized carbons (Fsp3) is 0.632. The zero-order valence-electron chi connectivity index (χ0n) is 14.6. The predicted molar refractivity (Wildman–Crippen MR) is 99.4 cm³/mol. The highest BCUT2D eigenvalue weighted by Gasteiger charge is 2.36. The smallest absolute Gasteiger partial charge is 0.126 e. The van der Waals surface area contributed by atoms with E-state index in [1.165, 1.54) is 23.1 Å². The third-order valence-electron chi connectivity index (χ3n) is 5.69. The normalized spacial score (nSPS) is 28.3. The van der Waals surface area contributed by atoms with Crippen LogP contribution in [0, 0.1) is 5.92 Å². The van der Waals surface area contributed by atoms with Crippen LogP contribution in [0.2, 0.25) is 0 Å². The summed E-state index contributed by atoms with van der Waals surface area (Å²) in [6.45, 7) is 5.27. The molecule has 4 rings (SSSR count). The van der Waals surface area contributed by atoms with Gasteiger partial charge in [-0.2, -0.15) is 0 Å². The Kier molecular flexibility index (Phi) is 4.37. The van der Waals surface area contributed by atoms with E-state index in [2.05, 4.69) is 42.4 Å². The number of benzene rings is 1. The number of thiazole rings is 1. The summed E-state index contributed by atoms with van der Waals surface area (Å²) in [6, 6.07) is 7.09. The van der Waals surface area contributed by atoms with E-state index < -0.39 is 5.60 Å². The van der Waals surface area contributed by atoms with Crippen molar-refractivity contribution in [3.8, 4) is 0 Å². The zero-order valence-corrected chi connectivity index (χ0v) is 15.4. The third kappa shape index (κ3) is 3.10. The molecule has 4 nitrogen and oxygen atoms in total. The summed E-state index contributed by atoms with van der Waals surface area (Å²) in [5.74, 6) is 0.773. The molecule has 2 N–H and O–H groups in total. The highest BCUT2D eigenvalue weighted by atomic mass is 32.1. The van der Waals surface area contributed by atoms with E-state index in [-0.39, 0.29) is 0 Å². The molecule has 0 aliphatic carbocycles. The summed E-state index contributed by atoms with van der Waals surface area (Å²) in [4.78, 5) is 7.10. The number of hydrogen-bond acceptors (Lipinski definition) is 5. The number of likely N-dealkylation sites (tertiary alicyclic amines) is 1. The minimum absolute atomic E-state index is 0.446. The van der Waals surface area contributed by atoms with Crippen LogP contribution < -0.4 is 5.32 Å². The van der Waals surface area contributed by atoms with Crippen LogP contribution >= 0.6 is 11.3 Å². The number of hydrogen-bond donors (Lipinski definition) is 2. The van der Waals surface area contributed by atoms with Gasteiger partial charge in [-0.05, 0) is 62.9 Å². The number of nitrogens with one attached hydrogen (secondary N) is 1. The van der Waals surface area contributed by atoms with Crippen molar-refractivity contribution in [1.29, 1.82) is 0 Å². The van der Waals surface area contributed by atoms with E-state index in [0.29, 0.717) is 6.04 Å². The highest BCUT2D eigenvalue weighted by molar-refractivity contribution is 7.18. The van der Waals surface area contributed by atoms with Gasteiger partial charge in [-0.15, -0.1) is 11.3 Å². The topological polar surface area (TPSA) is 48.4 Å². The fourth-order valence-electron chi connectivity index (χ4n) is 3.85. The second-order valence-corrected chi connectivity index (χ2v) is 8.76. The zero-order chi connectivity index (χ0) is 16.7. The lowest BCUT2D eigenvalue weighted by molar-refractivity contribution is -0.0202. The molecular formula is C19H27N3OS. The molecule has 130 valence electrons. The Morgan fingerprint density at radius 1 is 1.29 bits per heavy atom. The van der Waals surface area contributed by atoms with E-state index in [4.69, 9.17) is 4.98 Å². The molecule has 0 amide bonds.